The number of allylic oxidation sites excluding steroid dienone is 2. The summed E-state index contributed by atoms with van der Waals surface area (Å²) in [6.07, 6.45) is -0.973. The van der Waals surface area contributed by atoms with Crippen molar-refractivity contribution < 1.29 is 33.4 Å². The Morgan fingerprint density at radius 1 is 1.21 bits per heavy atom. The minimum Gasteiger partial charge on any atom is -0.449 e. The number of rotatable bonds is 11. The fourth-order valence-corrected chi connectivity index (χ4v) is 7.44. The van der Waals surface area contributed by atoms with E-state index in [4.69, 9.17) is 15.2 Å². The van der Waals surface area contributed by atoms with Gasteiger partial charge in [-0.2, -0.15) is 12.6 Å². The first-order chi connectivity index (χ1) is 18.5. The van der Waals surface area contributed by atoms with Crippen LogP contribution in [-0.2, 0) is 28.7 Å². The predicted octanol–water partition coefficient (Wildman–Crippen LogP) is -0.877. The van der Waals surface area contributed by atoms with Crippen molar-refractivity contribution in [2.24, 2.45) is 11.7 Å². The first-order valence-corrected chi connectivity index (χ1v) is 15.3. The summed E-state index contributed by atoms with van der Waals surface area (Å²) in [5.74, 6) is -1.16. The number of Topliss-reactive ketones (excluding diaryl/α,β-unsaturated/α-hetero) is 2. The number of fused-ring (bicyclic) bond motifs is 4. The van der Waals surface area contributed by atoms with Crippen molar-refractivity contribution in [3.63, 3.8) is 0 Å². The van der Waals surface area contributed by atoms with E-state index in [1.54, 1.807) is 6.92 Å². The molecule has 0 spiro atoms. The number of hydrazine groups is 1. The van der Waals surface area contributed by atoms with E-state index < -0.39 is 17.7 Å². The maximum Gasteiger partial charge on any atom is 0.404 e. The van der Waals surface area contributed by atoms with Crippen molar-refractivity contribution in [2.45, 2.75) is 24.7 Å². The van der Waals surface area contributed by atoms with Gasteiger partial charge in [-0.25, -0.2) is 4.79 Å². The zero-order valence-electron chi connectivity index (χ0n) is 22.0. The molecule has 3 aliphatic heterocycles. The molecular weight excluding hydrogens is 568 g/mol. The topological polar surface area (TPSA) is 174 Å². The van der Waals surface area contributed by atoms with Crippen LogP contribution in [0.4, 0.5) is 4.79 Å². The van der Waals surface area contributed by atoms with Crippen molar-refractivity contribution in [2.75, 3.05) is 58.2 Å². The Balaban J connectivity index is 1.37. The molecule has 0 bridgehead atoms. The van der Waals surface area contributed by atoms with E-state index in [9.17, 15) is 24.0 Å². The van der Waals surface area contributed by atoms with Crippen LogP contribution in [0.15, 0.2) is 22.5 Å². The molecule has 4 aliphatic rings. The van der Waals surface area contributed by atoms with Gasteiger partial charge in [-0.15, -0.1) is 0 Å². The molecule has 1 aliphatic carbocycles. The number of nitrogens with two attached hydrogens (primary N) is 1. The Morgan fingerprint density at radius 2 is 1.90 bits per heavy atom. The first-order valence-electron chi connectivity index (χ1n) is 12.2. The molecule has 3 amide bonds. The van der Waals surface area contributed by atoms with Gasteiger partial charge in [0.1, 0.15) is 6.61 Å². The number of ketones is 2. The summed E-state index contributed by atoms with van der Waals surface area (Å²) >= 11 is 3.93. The van der Waals surface area contributed by atoms with Gasteiger partial charge in [-0.05, 0) is 6.92 Å². The van der Waals surface area contributed by atoms with Crippen molar-refractivity contribution in [1.82, 2.24) is 25.6 Å². The number of piperazine rings is 1. The largest absolute Gasteiger partial charge is 0.449 e. The molecule has 0 unspecified atom stereocenters. The lowest BCUT2D eigenvalue weighted by Crippen LogP contribution is -2.55. The van der Waals surface area contributed by atoms with Crippen molar-refractivity contribution in [3.8, 4) is 0 Å². The van der Waals surface area contributed by atoms with Crippen LogP contribution in [0.1, 0.15) is 6.92 Å². The molecule has 16 heteroatoms. The third-order valence-corrected chi connectivity index (χ3v) is 10.0. The number of thiol groups is 1. The number of nitrogens with one attached hydrogen (secondary N) is 2. The van der Waals surface area contributed by atoms with Gasteiger partial charge in [0, 0.05) is 57.2 Å². The quantitative estimate of drug-likeness (QED) is 0.0577. The molecule has 39 heavy (non-hydrogen) atoms. The summed E-state index contributed by atoms with van der Waals surface area (Å²) in [5, 5.41) is 8.88. The maximum atomic E-state index is 13.8. The highest BCUT2D eigenvalue weighted by atomic mass is 33.1. The van der Waals surface area contributed by atoms with E-state index in [0.29, 0.717) is 30.1 Å². The predicted molar refractivity (Wildman–Crippen MR) is 148 cm³/mol. The minimum atomic E-state index is -1.02. The van der Waals surface area contributed by atoms with Gasteiger partial charge in [0.2, 0.25) is 11.6 Å². The Hall–Kier alpha value is -2.40. The molecule has 2 saturated heterocycles. The van der Waals surface area contributed by atoms with Gasteiger partial charge in [-0.1, -0.05) is 21.6 Å². The van der Waals surface area contributed by atoms with Crippen molar-refractivity contribution in [1.29, 1.82) is 0 Å². The van der Waals surface area contributed by atoms with Gasteiger partial charge in [0.15, 0.2) is 5.72 Å². The SMILES string of the molecule is CO[C@@]12[C@H](COC(N)=O)C3=C(C(=O)C(C)=C(NCCSSCC(=O)N(C)N(C)C(=O)CS)C3=O)N1C[C@@H]1N[C@@H]12. The number of ether oxygens (including phenoxy) is 2. The number of amides is 3. The average molecular weight is 601 g/mol. The number of hydrogen-bond donors (Lipinski definition) is 4. The molecule has 2 fully saturated rings. The number of primary amides is 1. The molecule has 214 valence electrons. The van der Waals surface area contributed by atoms with Gasteiger partial charge < -0.3 is 30.7 Å². The monoisotopic (exact) mass is 600 g/mol. The molecule has 0 aromatic rings. The third-order valence-electron chi connectivity index (χ3n) is 7.49. The molecule has 0 saturated carbocycles. The van der Waals surface area contributed by atoms with Gasteiger partial charge in [0.05, 0.1) is 34.9 Å². The summed E-state index contributed by atoms with van der Waals surface area (Å²) < 4.78 is 11.1. The molecule has 4 rings (SSSR count). The summed E-state index contributed by atoms with van der Waals surface area (Å²) in [4.78, 5) is 64.5. The van der Waals surface area contributed by atoms with E-state index in [-0.39, 0.29) is 64.8 Å². The van der Waals surface area contributed by atoms with Crippen LogP contribution < -0.4 is 16.4 Å². The van der Waals surface area contributed by atoms with Crippen molar-refractivity contribution >= 4 is 63.7 Å². The summed E-state index contributed by atoms with van der Waals surface area (Å²) in [7, 11) is 7.28. The Kier molecular flexibility index (Phi) is 8.80. The molecule has 13 nitrogen and oxygen atoms in total. The van der Waals surface area contributed by atoms with E-state index in [1.165, 1.54) is 52.8 Å². The highest BCUT2D eigenvalue weighted by Gasteiger charge is 2.72. The van der Waals surface area contributed by atoms with Crippen molar-refractivity contribution in [3.05, 3.63) is 22.5 Å². The average Bonchev–Trinajstić information content (AvgIpc) is 3.53. The summed E-state index contributed by atoms with van der Waals surface area (Å²) in [6.45, 7) is 2.28. The lowest BCUT2D eigenvalue weighted by molar-refractivity contribution is -0.154. The normalized spacial score (nSPS) is 26.8. The highest BCUT2D eigenvalue weighted by Crippen LogP contribution is 2.55. The summed E-state index contributed by atoms with van der Waals surface area (Å²) in [5.41, 5.74) is 5.26. The van der Waals surface area contributed by atoms with Crippen LogP contribution in [0.25, 0.3) is 0 Å². The minimum absolute atomic E-state index is 0.00203. The van der Waals surface area contributed by atoms with Crippen LogP contribution in [0.5, 0.6) is 0 Å². The smallest absolute Gasteiger partial charge is 0.404 e. The molecule has 4 N–H and O–H groups in total. The number of nitrogens with zero attached hydrogens (tertiary/aromatic N) is 3. The van der Waals surface area contributed by atoms with Gasteiger partial charge >= 0.3 is 6.09 Å². The van der Waals surface area contributed by atoms with Crippen LogP contribution in [0.2, 0.25) is 0 Å². The van der Waals surface area contributed by atoms with E-state index in [1.807, 2.05) is 4.90 Å². The zero-order chi connectivity index (χ0) is 28.6. The fraction of sp³-hybridized carbons (Fsp3) is 0.609. The van der Waals surface area contributed by atoms with E-state index in [2.05, 4.69) is 23.3 Å². The second-order valence-electron chi connectivity index (χ2n) is 9.42. The van der Waals surface area contributed by atoms with E-state index in [0.717, 1.165) is 0 Å². The first kappa shape index (κ1) is 29.6. The molecule has 0 aromatic heterocycles. The maximum absolute atomic E-state index is 13.8. The van der Waals surface area contributed by atoms with Gasteiger partial charge in [-0.3, -0.25) is 29.2 Å². The van der Waals surface area contributed by atoms with E-state index >= 15 is 0 Å². The second-order valence-corrected chi connectivity index (χ2v) is 12.3. The summed E-state index contributed by atoms with van der Waals surface area (Å²) in [6, 6.07) is 0.00439. The number of methoxy groups -OCH3 is 1. The lowest BCUT2D eigenvalue weighted by Gasteiger charge is -2.39. The lowest BCUT2D eigenvalue weighted by atomic mass is 9.82. The number of carbonyl (C=O) groups excluding carboxylic acids is 5. The number of carbonyl (C=O) groups is 5. The molecule has 0 aromatic carbocycles. The molecule has 3 heterocycles. The van der Waals surface area contributed by atoms with Gasteiger partial charge in [0.25, 0.3) is 11.8 Å². The standard InChI is InChI=1S/C23H32N6O7S3/c1-11-17(25-5-6-38-39-10-15(31)28(3)27(2)14(30)9-37)20(33)16-12(8-36-22(24)34)23(35-4)21-13(26-21)7-29(23)18(16)19(11)32/h12-13,21,25-26,37H,5-10H2,1-4H3,(H2,24,34)/t12-,13+,21+,23-/m1/s1. The Bertz CT molecular complexity index is 1160. The molecular formula is C23H32N6O7S3. The van der Waals surface area contributed by atoms with Crippen LogP contribution in [0.3, 0.4) is 0 Å². The molecule has 0 radical (unpaired) electrons. The Labute approximate surface area is 239 Å². The third kappa shape index (κ3) is 5.12. The highest BCUT2D eigenvalue weighted by molar-refractivity contribution is 8.76. The second kappa shape index (κ2) is 11.6. The Morgan fingerprint density at radius 3 is 2.54 bits per heavy atom. The van der Waals surface area contributed by atoms with Crippen LogP contribution in [-0.4, -0.2) is 120 Å². The van der Waals surface area contributed by atoms with Crippen LogP contribution in [0, 0.1) is 5.92 Å². The molecule has 4 atom stereocenters. The number of hydrogen-bond acceptors (Lipinski definition) is 13. The fourth-order valence-electron chi connectivity index (χ4n) is 5.40. The van der Waals surface area contributed by atoms with Crippen LogP contribution >= 0.6 is 34.2 Å². The zero-order valence-corrected chi connectivity index (χ0v) is 24.5.